The highest BCUT2D eigenvalue weighted by molar-refractivity contribution is 7.11. The van der Waals surface area contributed by atoms with Gasteiger partial charge < -0.3 is 15.0 Å². The van der Waals surface area contributed by atoms with Gasteiger partial charge in [-0.2, -0.15) is 0 Å². The highest BCUT2D eigenvalue weighted by Crippen LogP contribution is 2.27. The van der Waals surface area contributed by atoms with Crippen LogP contribution in [0.15, 0.2) is 0 Å². The molecule has 1 rings (SSSR count). The van der Waals surface area contributed by atoms with Gasteiger partial charge in [-0.15, -0.1) is 11.3 Å². The summed E-state index contributed by atoms with van der Waals surface area (Å²) >= 11 is 1.65. The van der Waals surface area contributed by atoms with E-state index in [4.69, 9.17) is 4.74 Å². The Labute approximate surface area is 119 Å². The zero-order chi connectivity index (χ0) is 14.4. The Balaban J connectivity index is 2.54. The van der Waals surface area contributed by atoms with Crippen LogP contribution in [0.1, 0.15) is 28.5 Å². The number of ether oxygens (including phenoxy) is 1. The molecule has 108 valence electrons. The third kappa shape index (κ3) is 4.56. The lowest BCUT2D eigenvalue weighted by atomic mass is 10.2. The molecule has 1 aromatic heterocycles. The summed E-state index contributed by atoms with van der Waals surface area (Å²) in [4.78, 5) is 19.4. The number of aryl methyl sites for hydroxylation is 2. The molecule has 6 heteroatoms. The van der Waals surface area contributed by atoms with Gasteiger partial charge in [-0.05, 0) is 20.8 Å². The van der Waals surface area contributed by atoms with Gasteiger partial charge >= 0.3 is 0 Å². The molecule has 5 nitrogen and oxygen atoms in total. The van der Waals surface area contributed by atoms with E-state index in [-0.39, 0.29) is 11.9 Å². The van der Waals surface area contributed by atoms with Crippen molar-refractivity contribution in [1.29, 1.82) is 0 Å². The van der Waals surface area contributed by atoms with E-state index in [9.17, 15) is 4.79 Å². The largest absolute Gasteiger partial charge is 0.383 e. The van der Waals surface area contributed by atoms with Gasteiger partial charge in [0, 0.05) is 25.6 Å². The standard InChI is InChI=1S/C13H23N3O2S/c1-9-13(19-11(3)15-9)10(2)16(4)12(17)8-14-6-7-18-5/h10,14H,6-8H2,1-5H3. The summed E-state index contributed by atoms with van der Waals surface area (Å²) < 4.78 is 4.93. The van der Waals surface area contributed by atoms with Crippen molar-refractivity contribution in [2.75, 3.05) is 33.9 Å². The second-order valence-corrected chi connectivity index (χ2v) is 5.77. The summed E-state index contributed by atoms with van der Waals surface area (Å²) in [6.07, 6.45) is 0. The number of methoxy groups -OCH3 is 1. The van der Waals surface area contributed by atoms with Crippen LogP contribution in [0.25, 0.3) is 0 Å². The number of amides is 1. The zero-order valence-corrected chi connectivity index (χ0v) is 13.1. The normalized spacial score (nSPS) is 12.5. The van der Waals surface area contributed by atoms with Crippen LogP contribution in [0.3, 0.4) is 0 Å². The minimum atomic E-state index is 0.0583. The molecule has 0 bridgehead atoms. The summed E-state index contributed by atoms with van der Waals surface area (Å²) in [6.45, 7) is 7.64. The minimum absolute atomic E-state index is 0.0583. The van der Waals surface area contributed by atoms with Gasteiger partial charge in [0.1, 0.15) is 0 Å². The Morgan fingerprint density at radius 3 is 2.74 bits per heavy atom. The van der Waals surface area contributed by atoms with Crippen molar-refractivity contribution >= 4 is 17.2 Å². The average molecular weight is 285 g/mol. The van der Waals surface area contributed by atoms with Crippen molar-refractivity contribution < 1.29 is 9.53 Å². The molecule has 0 spiro atoms. The Morgan fingerprint density at radius 2 is 2.21 bits per heavy atom. The molecular formula is C13H23N3O2S. The molecule has 0 aliphatic carbocycles. The highest BCUT2D eigenvalue weighted by Gasteiger charge is 2.20. The molecule has 19 heavy (non-hydrogen) atoms. The van der Waals surface area contributed by atoms with E-state index in [0.717, 1.165) is 15.6 Å². The van der Waals surface area contributed by atoms with Crippen molar-refractivity contribution in [3.63, 3.8) is 0 Å². The molecule has 0 saturated carbocycles. The first-order valence-electron chi connectivity index (χ1n) is 6.36. The van der Waals surface area contributed by atoms with Crippen molar-refractivity contribution in [1.82, 2.24) is 15.2 Å². The molecule has 1 N–H and O–H groups in total. The van der Waals surface area contributed by atoms with Gasteiger partial charge in [0.15, 0.2) is 0 Å². The van der Waals surface area contributed by atoms with Crippen LogP contribution in [-0.2, 0) is 9.53 Å². The van der Waals surface area contributed by atoms with Crippen LogP contribution in [0.4, 0.5) is 0 Å². The molecule has 0 aliphatic rings. The smallest absolute Gasteiger partial charge is 0.236 e. The summed E-state index contributed by atoms with van der Waals surface area (Å²) in [5, 5.41) is 4.10. The van der Waals surface area contributed by atoms with Gasteiger partial charge in [-0.25, -0.2) is 4.98 Å². The number of aromatic nitrogens is 1. The van der Waals surface area contributed by atoms with Crippen molar-refractivity contribution in [3.8, 4) is 0 Å². The molecule has 0 aromatic carbocycles. The van der Waals surface area contributed by atoms with Crippen LogP contribution in [0.5, 0.6) is 0 Å². The average Bonchev–Trinajstić information content (AvgIpc) is 2.71. The number of hydrogen-bond acceptors (Lipinski definition) is 5. The highest BCUT2D eigenvalue weighted by atomic mass is 32.1. The number of rotatable bonds is 7. The summed E-state index contributed by atoms with van der Waals surface area (Å²) in [6, 6.07) is 0.0583. The predicted octanol–water partition coefficient (Wildman–Crippen LogP) is 1.52. The molecule has 0 fully saturated rings. The van der Waals surface area contributed by atoms with Gasteiger partial charge in [-0.3, -0.25) is 4.79 Å². The lowest BCUT2D eigenvalue weighted by Gasteiger charge is -2.24. The molecule has 1 heterocycles. The van der Waals surface area contributed by atoms with Crippen molar-refractivity contribution in [2.24, 2.45) is 0 Å². The lowest BCUT2D eigenvalue weighted by Crippen LogP contribution is -2.38. The van der Waals surface area contributed by atoms with Crippen molar-refractivity contribution in [2.45, 2.75) is 26.8 Å². The molecule has 1 atom stereocenters. The second kappa shape index (κ2) is 7.57. The van der Waals surface area contributed by atoms with E-state index in [2.05, 4.69) is 10.3 Å². The first-order chi connectivity index (χ1) is 8.97. The number of carbonyl (C=O) groups is 1. The topological polar surface area (TPSA) is 54.5 Å². The third-order valence-electron chi connectivity index (χ3n) is 3.05. The first kappa shape index (κ1) is 16.1. The summed E-state index contributed by atoms with van der Waals surface area (Å²) in [7, 11) is 3.48. The van der Waals surface area contributed by atoms with E-state index in [1.165, 1.54) is 0 Å². The van der Waals surface area contributed by atoms with E-state index >= 15 is 0 Å². The van der Waals surface area contributed by atoms with Gasteiger partial charge in [-0.1, -0.05) is 0 Å². The van der Waals surface area contributed by atoms with Crippen LogP contribution >= 0.6 is 11.3 Å². The molecule has 0 aliphatic heterocycles. The van der Waals surface area contributed by atoms with Crippen LogP contribution in [0, 0.1) is 13.8 Å². The molecule has 0 radical (unpaired) electrons. The van der Waals surface area contributed by atoms with E-state index in [0.29, 0.717) is 19.7 Å². The number of hydrogen-bond donors (Lipinski definition) is 1. The quantitative estimate of drug-likeness (QED) is 0.772. The zero-order valence-electron chi connectivity index (χ0n) is 12.3. The fourth-order valence-electron chi connectivity index (χ4n) is 1.82. The number of likely N-dealkylation sites (N-methyl/N-ethyl adjacent to an activating group) is 1. The fourth-order valence-corrected chi connectivity index (χ4v) is 2.84. The Bertz CT molecular complexity index is 420. The van der Waals surface area contributed by atoms with Crippen LogP contribution in [-0.4, -0.2) is 49.6 Å². The molecule has 1 amide bonds. The monoisotopic (exact) mass is 285 g/mol. The summed E-state index contributed by atoms with van der Waals surface area (Å²) in [5.41, 5.74) is 1.02. The Kier molecular flexibility index (Phi) is 6.41. The van der Waals surface area contributed by atoms with Gasteiger partial charge in [0.05, 0.1) is 29.9 Å². The number of nitrogens with one attached hydrogen (secondary N) is 1. The third-order valence-corrected chi connectivity index (χ3v) is 4.30. The maximum atomic E-state index is 12.0. The van der Waals surface area contributed by atoms with E-state index < -0.39 is 0 Å². The molecule has 0 saturated heterocycles. The first-order valence-corrected chi connectivity index (χ1v) is 7.18. The SMILES string of the molecule is COCCNCC(=O)N(C)C(C)c1sc(C)nc1C. The van der Waals surface area contributed by atoms with Crippen molar-refractivity contribution in [3.05, 3.63) is 15.6 Å². The molecular weight excluding hydrogens is 262 g/mol. The minimum Gasteiger partial charge on any atom is -0.383 e. The molecule has 1 unspecified atom stereocenters. The summed E-state index contributed by atoms with van der Waals surface area (Å²) in [5.74, 6) is 0.0778. The van der Waals surface area contributed by atoms with Gasteiger partial charge in [0.2, 0.25) is 5.91 Å². The van der Waals surface area contributed by atoms with E-state index in [1.54, 1.807) is 23.3 Å². The van der Waals surface area contributed by atoms with Crippen LogP contribution in [0.2, 0.25) is 0 Å². The predicted molar refractivity (Wildman–Crippen MR) is 77.5 cm³/mol. The second-order valence-electron chi connectivity index (χ2n) is 4.53. The van der Waals surface area contributed by atoms with E-state index in [1.807, 2.05) is 27.8 Å². The molecule has 1 aromatic rings. The fraction of sp³-hybridized carbons (Fsp3) is 0.692. The maximum Gasteiger partial charge on any atom is 0.236 e. The Morgan fingerprint density at radius 1 is 1.53 bits per heavy atom. The lowest BCUT2D eigenvalue weighted by molar-refractivity contribution is -0.130. The van der Waals surface area contributed by atoms with Crippen LogP contribution < -0.4 is 5.32 Å². The number of nitrogens with zero attached hydrogens (tertiary/aromatic N) is 2. The number of thiazole rings is 1. The maximum absolute atomic E-state index is 12.0. The Hall–Kier alpha value is -0.980. The van der Waals surface area contributed by atoms with Gasteiger partial charge in [0.25, 0.3) is 0 Å². The number of carbonyl (C=O) groups excluding carboxylic acids is 1.